The molecule has 3 aromatic rings. The first kappa shape index (κ1) is 19.7. The summed E-state index contributed by atoms with van der Waals surface area (Å²) in [5, 5.41) is 5.46. The van der Waals surface area contributed by atoms with Crippen molar-refractivity contribution in [3.63, 3.8) is 0 Å². The van der Waals surface area contributed by atoms with Crippen molar-refractivity contribution in [2.24, 2.45) is 7.05 Å². The molecule has 0 unspecified atom stereocenters. The van der Waals surface area contributed by atoms with Gasteiger partial charge in [-0.3, -0.25) is 14.4 Å². The molecule has 0 bridgehead atoms. The van der Waals surface area contributed by atoms with Gasteiger partial charge in [0.1, 0.15) is 5.75 Å². The molecule has 2 fully saturated rings. The van der Waals surface area contributed by atoms with Crippen LogP contribution in [0.1, 0.15) is 51.6 Å². The fourth-order valence-electron chi connectivity index (χ4n) is 5.10. The Hall–Kier alpha value is -2.93. The van der Waals surface area contributed by atoms with Gasteiger partial charge in [0.05, 0.1) is 23.3 Å². The number of carbonyl (C=O) groups is 1. The monoisotopic (exact) mass is 431 g/mol. The minimum atomic E-state index is 0.115. The molecule has 0 spiro atoms. The van der Waals surface area contributed by atoms with Gasteiger partial charge >= 0.3 is 0 Å². The van der Waals surface area contributed by atoms with Gasteiger partial charge in [0, 0.05) is 57.8 Å². The smallest absolute Gasteiger partial charge is 0.254 e. The lowest BCUT2D eigenvalue weighted by atomic mass is 10.1. The Bertz CT molecular complexity index is 1200. The Kier molecular flexibility index (Phi) is 4.68. The van der Waals surface area contributed by atoms with E-state index in [9.17, 15) is 4.79 Å². The Balaban J connectivity index is 1.19. The van der Waals surface area contributed by atoms with Crippen molar-refractivity contribution >= 4 is 16.9 Å². The summed E-state index contributed by atoms with van der Waals surface area (Å²) in [5.41, 5.74) is 6.16. The molecule has 0 atom stereocenters. The second-order valence-electron chi connectivity index (χ2n) is 9.39. The lowest BCUT2D eigenvalue weighted by Crippen LogP contribution is -2.48. The minimum absolute atomic E-state index is 0.115. The van der Waals surface area contributed by atoms with Gasteiger partial charge in [0.25, 0.3) is 5.91 Å². The SMILES string of the molecule is Cc1nn(C)c2nc(C3CC3)cc(C(=O)N3CCN(Cc4ccc5c(c4)CCO5)CC3)c12. The Labute approximate surface area is 188 Å². The Morgan fingerprint density at radius 1 is 1.16 bits per heavy atom. The number of ether oxygens (including phenoxy) is 1. The van der Waals surface area contributed by atoms with Crippen LogP contribution in [0.2, 0.25) is 0 Å². The van der Waals surface area contributed by atoms with Crippen LogP contribution in [-0.2, 0) is 20.0 Å². The first-order chi connectivity index (χ1) is 15.6. The predicted octanol–water partition coefficient (Wildman–Crippen LogP) is 3.05. The number of rotatable bonds is 4. The molecule has 32 heavy (non-hydrogen) atoms. The van der Waals surface area contributed by atoms with E-state index in [2.05, 4.69) is 28.2 Å². The number of fused-ring (bicyclic) bond motifs is 2. The van der Waals surface area contributed by atoms with Crippen molar-refractivity contribution in [1.29, 1.82) is 0 Å². The number of amides is 1. The molecule has 4 heterocycles. The molecule has 3 aliphatic rings. The van der Waals surface area contributed by atoms with E-state index >= 15 is 0 Å². The molecule has 7 nitrogen and oxygen atoms in total. The van der Waals surface area contributed by atoms with E-state index in [-0.39, 0.29) is 5.91 Å². The summed E-state index contributed by atoms with van der Waals surface area (Å²) in [6, 6.07) is 8.58. The molecule has 2 aliphatic heterocycles. The number of aryl methyl sites for hydroxylation is 2. The van der Waals surface area contributed by atoms with Crippen LogP contribution in [0, 0.1) is 6.92 Å². The molecule has 6 rings (SSSR count). The molecule has 1 saturated carbocycles. The molecule has 166 valence electrons. The summed E-state index contributed by atoms with van der Waals surface area (Å²) in [6.45, 7) is 6.94. The summed E-state index contributed by atoms with van der Waals surface area (Å²) in [6.07, 6.45) is 3.33. The molecular weight excluding hydrogens is 402 g/mol. The fourth-order valence-corrected chi connectivity index (χ4v) is 5.10. The lowest BCUT2D eigenvalue weighted by molar-refractivity contribution is 0.0630. The van der Waals surface area contributed by atoms with Gasteiger partial charge in [-0.05, 0) is 43.0 Å². The van der Waals surface area contributed by atoms with Crippen LogP contribution < -0.4 is 4.74 Å². The zero-order valence-corrected chi connectivity index (χ0v) is 18.8. The predicted molar refractivity (Wildman–Crippen MR) is 122 cm³/mol. The third kappa shape index (κ3) is 3.45. The second-order valence-corrected chi connectivity index (χ2v) is 9.39. The molecular formula is C25H29N5O2. The minimum Gasteiger partial charge on any atom is -0.493 e. The van der Waals surface area contributed by atoms with Crippen LogP contribution in [0.3, 0.4) is 0 Å². The average molecular weight is 432 g/mol. The number of hydrogen-bond donors (Lipinski definition) is 0. The maximum absolute atomic E-state index is 13.6. The highest BCUT2D eigenvalue weighted by Crippen LogP contribution is 2.40. The van der Waals surface area contributed by atoms with Crippen molar-refractivity contribution in [3.8, 4) is 5.75 Å². The molecule has 1 amide bonds. The van der Waals surface area contributed by atoms with Crippen molar-refractivity contribution in [1.82, 2.24) is 24.6 Å². The molecule has 2 aromatic heterocycles. The van der Waals surface area contributed by atoms with Gasteiger partial charge in [-0.2, -0.15) is 5.10 Å². The van der Waals surface area contributed by atoms with Gasteiger partial charge in [0.15, 0.2) is 5.65 Å². The number of carbonyl (C=O) groups excluding carboxylic acids is 1. The number of nitrogens with zero attached hydrogens (tertiary/aromatic N) is 5. The van der Waals surface area contributed by atoms with Gasteiger partial charge in [-0.15, -0.1) is 0 Å². The van der Waals surface area contributed by atoms with Crippen molar-refractivity contribution in [2.45, 2.75) is 38.6 Å². The Morgan fingerprint density at radius 3 is 2.75 bits per heavy atom. The van der Waals surface area contributed by atoms with E-state index in [0.29, 0.717) is 5.92 Å². The Morgan fingerprint density at radius 2 is 1.97 bits per heavy atom. The van der Waals surface area contributed by atoms with Crippen molar-refractivity contribution in [3.05, 3.63) is 52.3 Å². The van der Waals surface area contributed by atoms with Gasteiger partial charge < -0.3 is 9.64 Å². The maximum Gasteiger partial charge on any atom is 0.254 e. The van der Waals surface area contributed by atoms with Crippen LogP contribution in [0.4, 0.5) is 0 Å². The van der Waals surface area contributed by atoms with E-state index in [1.54, 1.807) is 0 Å². The zero-order valence-electron chi connectivity index (χ0n) is 18.8. The van der Waals surface area contributed by atoms with Gasteiger partial charge in [-0.25, -0.2) is 4.98 Å². The van der Waals surface area contributed by atoms with Crippen LogP contribution in [-0.4, -0.2) is 63.3 Å². The number of hydrogen-bond acceptors (Lipinski definition) is 5. The van der Waals surface area contributed by atoms with Crippen molar-refractivity contribution in [2.75, 3.05) is 32.8 Å². The first-order valence-corrected chi connectivity index (χ1v) is 11.7. The summed E-state index contributed by atoms with van der Waals surface area (Å²) in [5.74, 6) is 1.64. The van der Waals surface area contributed by atoms with E-state index < -0.39 is 0 Å². The molecule has 7 heteroatoms. The first-order valence-electron chi connectivity index (χ1n) is 11.7. The molecule has 1 saturated heterocycles. The summed E-state index contributed by atoms with van der Waals surface area (Å²) >= 11 is 0. The quantitative estimate of drug-likeness (QED) is 0.635. The largest absolute Gasteiger partial charge is 0.493 e. The topological polar surface area (TPSA) is 63.5 Å². The van der Waals surface area contributed by atoms with Crippen LogP contribution in [0.25, 0.3) is 11.0 Å². The summed E-state index contributed by atoms with van der Waals surface area (Å²) < 4.78 is 7.44. The highest BCUT2D eigenvalue weighted by molar-refractivity contribution is 6.06. The van der Waals surface area contributed by atoms with E-state index in [1.165, 1.54) is 11.1 Å². The molecule has 1 aromatic carbocycles. The third-order valence-electron chi connectivity index (χ3n) is 7.03. The molecule has 0 radical (unpaired) electrons. The van der Waals surface area contributed by atoms with Gasteiger partial charge in [-0.1, -0.05) is 12.1 Å². The van der Waals surface area contributed by atoms with E-state index in [4.69, 9.17) is 9.72 Å². The van der Waals surface area contributed by atoms with E-state index in [1.807, 2.05) is 29.6 Å². The normalized spacial score (nSPS) is 18.8. The number of pyridine rings is 1. The highest BCUT2D eigenvalue weighted by atomic mass is 16.5. The highest BCUT2D eigenvalue weighted by Gasteiger charge is 2.30. The van der Waals surface area contributed by atoms with Crippen LogP contribution in [0.5, 0.6) is 5.75 Å². The summed E-state index contributed by atoms with van der Waals surface area (Å²) in [4.78, 5) is 22.9. The summed E-state index contributed by atoms with van der Waals surface area (Å²) in [7, 11) is 1.91. The van der Waals surface area contributed by atoms with Gasteiger partial charge in [0.2, 0.25) is 0 Å². The molecule has 0 N–H and O–H groups in total. The average Bonchev–Trinajstić information content (AvgIpc) is 3.48. The molecule has 1 aliphatic carbocycles. The third-order valence-corrected chi connectivity index (χ3v) is 7.03. The lowest BCUT2D eigenvalue weighted by Gasteiger charge is -2.35. The number of aromatic nitrogens is 3. The fraction of sp³-hybridized carbons (Fsp3) is 0.480. The van der Waals surface area contributed by atoms with Crippen LogP contribution in [0.15, 0.2) is 24.3 Å². The zero-order chi connectivity index (χ0) is 21.8. The van der Waals surface area contributed by atoms with E-state index in [0.717, 1.165) is 92.3 Å². The maximum atomic E-state index is 13.6. The second kappa shape index (κ2) is 7.59. The number of piperazine rings is 1. The number of benzene rings is 1. The van der Waals surface area contributed by atoms with Crippen molar-refractivity contribution < 1.29 is 9.53 Å². The standard InChI is InChI=1S/C25H29N5O2/c1-16-23-20(14-21(18-4-5-18)26-24(23)28(2)27-16)25(31)30-10-8-29(9-11-30)15-17-3-6-22-19(13-17)7-12-32-22/h3,6,13-14,18H,4-5,7-12,15H2,1-2H3. The van der Waals surface area contributed by atoms with Crippen LogP contribution >= 0.6 is 0 Å².